The summed E-state index contributed by atoms with van der Waals surface area (Å²) in [5.41, 5.74) is -4.95. The normalized spacial score (nSPS) is 16.8. The number of rotatable bonds is 5. The van der Waals surface area contributed by atoms with Crippen LogP contribution in [0.25, 0.3) is 0 Å². The number of pyridine rings is 1. The number of halogens is 3. The number of imide groups is 1. The van der Waals surface area contributed by atoms with Gasteiger partial charge in [-0.3, -0.25) is 9.78 Å². The Morgan fingerprint density at radius 3 is 2.19 bits per heavy atom. The molecule has 0 aliphatic carbocycles. The van der Waals surface area contributed by atoms with Crippen LogP contribution in [0, 0.1) is 0 Å². The van der Waals surface area contributed by atoms with Gasteiger partial charge in [0.05, 0.1) is 10.6 Å². The van der Waals surface area contributed by atoms with E-state index in [0.29, 0.717) is 6.42 Å². The van der Waals surface area contributed by atoms with E-state index >= 15 is 0 Å². The topological polar surface area (TPSA) is 87.7 Å². The molecule has 2 heterocycles. The number of sulfone groups is 1. The minimum absolute atomic E-state index is 0.0165. The zero-order valence-electron chi connectivity index (χ0n) is 17.0. The van der Waals surface area contributed by atoms with E-state index in [2.05, 4.69) is 4.98 Å². The van der Waals surface area contributed by atoms with Crippen molar-refractivity contribution in [2.75, 3.05) is 4.90 Å². The average molecular weight is 455 g/mol. The summed E-state index contributed by atoms with van der Waals surface area (Å²) in [5, 5.41) is 0. The molecule has 0 N–H and O–H groups in total. The van der Waals surface area contributed by atoms with E-state index in [0.717, 1.165) is 40.3 Å². The molecule has 11 heteroatoms. The molecule has 0 bridgehead atoms. The van der Waals surface area contributed by atoms with Crippen LogP contribution >= 0.6 is 0 Å². The third kappa shape index (κ3) is 3.78. The minimum Gasteiger partial charge on any atom is -0.305 e. The third-order valence-electron chi connectivity index (χ3n) is 5.25. The standard InChI is InChI=1S/C20H20F3N3O4S/c1-4-13-11-24-10-9-14(13)12-25-18(28)26(17(27)19(25,2)3)15-5-7-16(8-6-15)31(29,30)20(21,22)23/h5-11H,4,12H2,1-3H3. The number of aryl methyl sites for hydroxylation is 1. The Hall–Kier alpha value is -2.95. The molecule has 0 radical (unpaired) electrons. The molecule has 3 rings (SSSR count). The molecule has 1 saturated heterocycles. The van der Waals surface area contributed by atoms with Gasteiger partial charge in [0, 0.05) is 18.9 Å². The van der Waals surface area contributed by atoms with Crippen LogP contribution in [0.3, 0.4) is 0 Å². The number of hydrogen-bond donors (Lipinski definition) is 0. The van der Waals surface area contributed by atoms with E-state index in [4.69, 9.17) is 0 Å². The van der Waals surface area contributed by atoms with E-state index < -0.39 is 37.7 Å². The second-order valence-corrected chi connectivity index (χ2v) is 9.45. The number of carbonyl (C=O) groups is 2. The summed E-state index contributed by atoms with van der Waals surface area (Å²) in [6.07, 6.45) is 3.95. The Labute approximate surface area is 177 Å². The first kappa shape index (κ1) is 22.7. The molecular formula is C20H20F3N3O4S. The van der Waals surface area contributed by atoms with Crippen molar-refractivity contribution < 1.29 is 31.2 Å². The number of carbonyl (C=O) groups excluding carboxylic acids is 2. The largest absolute Gasteiger partial charge is 0.501 e. The lowest BCUT2D eigenvalue weighted by Gasteiger charge is -2.28. The Balaban J connectivity index is 1.95. The van der Waals surface area contributed by atoms with Crippen LogP contribution in [0.2, 0.25) is 0 Å². The fraction of sp³-hybridized carbons (Fsp3) is 0.350. The lowest BCUT2D eigenvalue weighted by molar-refractivity contribution is -0.123. The van der Waals surface area contributed by atoms with Gasteiger partial charge >= 0.3 is 11.5 Å². The zero-order valence-corrected chi connectivity index (χ0v) is 17.8. The van der Waals surface area contributed by atoms with Crippen molar-refractivity contribution in [1.29, 1.82) is 0 Å². The summed E-state index contributed by atoms with van der Waals surface area (Å²) in [4.78, 5) is 31.4. The number of benzene rings is 1. The molecule has 1 aliphatic heterocycles. The zero-order chi connectivity index (χ0) is 23.2. The molecule has 0 unspecified atom stereocenters. The highest BCUT2D eigenvalue weighted by Gasteiger charge is 2.52. The van der Waals surface area contributed by atoms with Crippen molar-refractivity contribution >= 4 is 27.5 Å². The molecule has 0 spiro atoms. The van der Waals surface area contributed by atoms with E-state index in [9.17, 15) is 31.2 Å². The Morgan fingerprint density at radius 2 is 1.65 bits per heavy atom. The minimum atomic E-state index is -5.53. The van der Waals surface area contributed by atoms with Gasteiger partial charge in [0.2, 0.25) is 0 Å². The van der Waals surface area contributed by atoms with Crippen molar-refractivity contribution in [2.24, 2.45) is 0 Å². The first-order chi connectivity index (χ1) is 14.3. The summed E-state index contributed by atoms with van der Waals surface area (Å²) in [7, 11) is -5.53. The predicted octanol–water partition coefficient (Wildman–Crippen LogP) is 3.68. The number of alkyl halides is 3. The van der Waals surface area contributed by atoms with Gasteiger partial charge in [0.1, 0.15) is 5.54 Å². The highest BCUT2D eigenvalue weighted by Crippen LogP contribution is 2.35. The fourth-order valence-electron chi connectivity index (χ4n) is 3.34. The smallest absolute Gasteiger partial charge is 0.305 e. The molecule has 0 atom stereocenters. The van der Waals surface area contributed by atoms with Crippen molar-refractivity contribution in [1.82, 2.24) is 9.88 Å². The molecule has 3 amide bonds. The van der Waals surface area contributed by atoms with E-state index in [-0.39, 0.29) is 12.2 Å². The van der Waals surface area contributed by atoms with Gasteiger partial charge in [-0.2, -0.15) is 13.2 Å². The molecule has 1 aromatic carbocycles. The Morgan fingerprint density at radius 1 is 1.03 bits per heavy atom. The molecule has 1 aromatic heterocycles. The van der Waals surface area contributed by atoms with Crippen LogP contribution in [-0.4, -0.2) is 41.3 Å². The number of urea groups is 1. The lowest BCUT2D eigenvalue weighted by Crippen LogP contribution is -2.43. The van der Waals surface area contributed by atoms with E-state index in [1.165, 1.54) is 4.90 Å². The van der Waals surface area contributed by atoms with E-state index in [1.54, 1.807) is 32.3 Å². The van der Waals surface area contributed by atoms with E-state index in [1.807, 2.05) is 6.92 Å². The maximum absolute atomic E-state index is 13.1. The fourth-order valence-corrected chi connectivity index (χ4v) is 4.10. The van der Waals surface area contributed by atoms with Crippen molar-refractivity contribution in [3.63, 3.8) is 0 Å². The summed E-state index contributed by atoms with van der Waals surface area (Å²) < 4.78 is 61.3. The van der Waals surface area contributed by atoms with Crippen LogP contribution in [0.15, 0.2) is 47.6 Å². The molecule has 31 heavy (non-hydrogen) atoms. The summed E-state index contributed by atoms with van der Waals surface area (Å²) in [6.45, 7) is 5.22. The second-order valence-electron chi connectivity index (χ2n) is 7.51. The summed E-state index contributed by atoms with van der Waals surface area (Å²) >= 11 is 0. The molecule has 1 fully saturated rings. The van der Waals surface area contributed by atoms with Crippen LogP contribution in [0.5, 0.6) is 0 Å². The van der Waals surface area contributed by atoms with Crippen molar-refractivity contribution in [2.45, 2.75) is 49.7 Å². The van der Waals surface area contributed by atoms with Gasteiger partial charge in [-0.25, -0.2) is 18.1 Å². The maximum atomic E-state index is 13.1. The summed E-state index contributed by atoms with van der Waals surface area (Å²) in [6, 6.07) is 4.58. The van der Waals surface area contributed by atoms with Gasteiger partial charge in [-0.05, 0) is 61.7 Å². The second kappa shape index (κ2) is 7.63. The van der Waals surface area contributed by atoms with Gasteiger partial charge in [0.15, 0.2) is 0 Å². The Kier molecular flexibility index (Phi) is 5.59. The number of aromatic nitrogens is 1. The van der Waals surface area contributed by atoms with Crippen LogP contribution in [0.4, 0.5) is 23.7 Å². The van der Waals surface area contributed by atoms with Crippen molar-refractivity contribution in [3.05, 3.63) is 53.9 Å². The van der Waals surface area contributed by atoms with Gasteiger partial charge < -0.3 is 4.90 Å². The highest BCUT2D eigenvalue weighted by molar-refractivity contribution is 7.92. The molecule has 166 valence electrons. The molecular weight excluding hydrogens is 435 g/mol. The summed E-state index contributed by atoms with van der Waals surface area (Å²) in [5.74, 6) is -0.573. The quantitative estimate of drug-likeness (QED) is 0.642. The number of amides is 3. The molecule has 0 saturated carbocycles. The Bertz CT molecular complexity index is 1130. The molecule has 2 aromatic rings. The van der Waals surface area contributed by atoms with Crippen LogP contribution in [0.1, 0.15) is 31.9 Å². The van der Waals surface area contributed by atoms with Gasteiger partial charge in [0.25, 0.3) is 15.7 Å². The van der Waals surface area contributed by atoms with Gasteiger partial charge in [-0.15, -0.1) is 0 Å². The first-order valence-corrected chi connectivity index (χ1v) is 10.8. The molecule has 1 aliphatic rings. The first-order valence-electron chi connectivity index (χ1n) is 9.31. The number of hydrogen-bond acceptors (Lipinski definition) is 5. The third-order valence-corrected chi connectivity index (χ3v) is 6.75. The highest BCUT2D eigenvalue weighted by atomic mass is 32.2. The number of anilines is 1. The van der Waals surface area contributed by atoms with Crippen molar-refractivity contribution in [3.8, 4) is 0 Å². The average Bonchev–Trinajstić information content (AvgIpc) is 2.87. The van der Waals surface area contributed by atoms with Gasteiger partial charge in [-0.1, -0.05) is 6.92 Å². The monoisotopic (exact) mass is 455 g/mol. The van der Waals surface area contributed by atoms with Crippen LogP contribution < -0.4 is 4.90 Å². The maximum Gasteiger partial charge on any atom is 0.501 e. The van der Waals surface area contributed by atoms with Crippen LogP contribution in [-0.2, 0) is 27.6 Å². The SMILES string of the molecule is CCc1cnccc1CN1C(=O)N(c2ccc(S(=O)(=O)C(F)(F)F)cc2)C(=O)C1(C)C. The lowest BCUT2D eigenvalue weighted by atomic mass is 10.0. The molecule has 7 nitrogen and oxygen atoms in total. The number of nitrogens with zero attached hydrogens (tertiary/aromatic N) is 3. The predicted molar refractivity (Wildman–Crippen MR) is 106 cm³/mol.